The van der Waals surface area contributed by atoms with E-state index in [1.165, 1.54) is 30.3 Å². The van der Waals surface area contributed by atoms with E-state index in [1.807, 2.05) is 6.07 Å². The van der Waals surface area contributed by atoms with Crippen molar-refractivity contribution in [3.63, 3.8) is 0 Å². The summed E-state index contributed by atoms with van der Waals surface area (Å²) in [5.41, 5.74) is -1.95. The quantitative estimate of drug-likeness (QED) is 0.474. The second-order valence-electron chi connectivity index (χ2n) is 9.79. The Kier molecular flexibility index (Phi) is 7.77. The molecule has 3 atom stereocenters. The minimum absolute atomic E-state index is 0.0769. The van der Waals surface area contributed by atoms with Crippen LogP contribution in [0.1, 0.15) is 38.2 Å². The first-order valence-corrected chi connectivity index (χ1v) is 13.9. The van der Waals surface area contributed by atoms with Crippen molar-refractivity contribution in [3.05, 3.63) is 36.2 Å². The first-order chi connectivity index (χ1) is 18.3. The average molecular weight is 568 g/mol. The number of methoxy groups -OCH3 is 1. The fourth-order valence-electron chi connectivity index (χ4n) is 4.82. The number of benzene rings is 1. The van der Waals surface area contributed by atoms with E-state index in [0.29, 0.717) is 19.4 Å². The zero-order valence-corrected chi connectivity index (χ0v) is 22.1. The molecule has 1 heterocycles. The molecule has 39 heavy (non-hydrogen) atoms. The Hall–Kier alpha value is -3.44. The Labute approximate surface area is 223 Å². The van der Waals surface area contributed by atoms with Gasteiger partial charge in [-0.25, -0.2) is 8.42 Å². The highest BCUT2D eigenvalue weighted by molar-refractivity contribution is 7.92. The van der Waals surface area contributed by atoms with Crippen molar-refractivity contribution in [2.75, 3.05) is 13.7 Å². The molecule has 2 aliphatic rings. The highest BCUT2D eigenvalue weighted by atomic mass is 32.2. The van der Waals surface area contributed by atoms with Gasteiger partial charge in [-0.2, -0.15) is 23.5 Å². The average Bonchev–Trinajstić information content (AvgIpc) is 3.27. The van der Waals surface area contributed by atoms with Crippen LogP contribution in [0.2, 0.25) is 0 Å². The summed E-state index contributed by atoms with van der Waals surface area (Å²) in [6.45, 7) is 2.03. The van der Waals surface area contributed by atoms with E-state index in [0.717, 1.165) is 12.1 Å². The number of amides is 2. The third-order valence-corrected chi connectivity index (χ3v) is 9.33. The number of rotatable bonds is 9. The number of hydrogen-bond donors (Lipinski definition) is 2. The molecular weight excluding hydrogens is 539 g/mol. The molecule has 1 aromatic heterocycles. The maximum Gasteiger partial charge on any atom is 0.417 e. The van der Waals surface area contributed by atoms with Gasteiger partial charge >= 0.3 is 6.18 Å². The maximum atomic E-state index is 14.1. The largest absolute Gasteiger partial charge is 0.417 e. The monoisotopic (exact) mass is 567 g/mol. The molecule has 0 aliphatic heterocycles. The van der Waals surface area contributed by atoms with Gasteiger partial charge in [0.2, 0.25) is 11.8 Å². The molecule has 2 aliphatic carbocycles. The highest BCUT2D eigenvalue weighted by Gasteiger charge is 2.51. The van der Waals surface area contributed by atoms with Gasteiger partial charge in [-0.05, 0) is 50.3 Å². The van der Waals surface area contributed by atoms with Crippen LogP contribution in [0.3, 0.4) is 0 Å². The predicted octanol–water partition coefficient (Wildman–Crippen LogP) is 2.44. The molecule has 2 amide bonds. The van der Waals surface area contributed by atoms with Crippen LogP contribution in [-0.4, -0.2) is 60.6 Å². The molecule has 2 N–H and O–H groups in total. The molecule has 2 fully saturated rings. The number of ether oxygens (including phenoxy) is 1. The van der Waals surface area contributed by atoms with Crippen molar-refractivity contribution in [2.45, 2.75) is 67.1 Å². The summed E-state index contributed by atoms with van der Waals surface area (Å²) >= 11 is 0. The summed E-state index contributed by atoms with van der Waals surface area (Å²) in [7, 11) is -3.23. The van der Waals surface area contributed by atoms with E-state index < -0.39 is 55.2 Å². The Balaban J connectivity index is 1.61. The van der Waals surface area contributed by atoms with Crippen molar-refractivity contribution in [3.8, 4) is 17.2 Å². The normalized spacial score (nSPS) is 22.2. The van der Waals surface area contributed by atoms with Crippen LogP contribution in [0.4, 0.5) is 13.2 Å². The molecule has 1 aromatic carbocycles. The van der Waals surface area contributed by atoms with Crippen LogP contribution in [0.25, 0.3) is 11.1 Å². The zero-order valence-electron chi connectivity index (χ0n) is 21.3. The number of hydrogen-bond acceptors (Lipinski definition) is 7. The first-order valence-electron chi connectivity index (χ1n) is 12.3. The minimum Gasteiger partial charge on any atom is -0.381 e. The lowest BCUT2D eigenvalue weighted by Crippen LogP contribution is -2.42. The molecular formula is C25H28F3N5O5S. The molecule has 0 saturated heterocycles. The summed E-state index contributed by atoms with van der Waals surface area (Å²) in [6, 6.07) is 4.94. The number of nitriles is 1. The molecule has 0 bridgehead atoms. The van der Waals surface area contributed by atoms with E-state index in [1.54, 1.807) is 6.92 Å². The van der Waals surface area contributed by atoms with Crippen LogP contribution in [-0.2, 0) is 36.9 Å². The third-order valence-electron chi connectivity index (χ3n) is 7.10. The number of nitrogens with zero attached hydrogens (tertiary/aromatic N) is 3. The number of alkyl halides is 3. The van der Waals surface area contributed by atoms with Crippen molar-refractivity contribution < 1.29 is 35.9 Å². The molecule has 2 aromatic rings. The first kappa shape index (κ1) is 28.6. The molecule has 0 unspecified atom stereocenters. The zero-order chi connectivity index (χ0) is 28.6. The van der Waals surface area contributed by atoms with Crippen LogP contribution in [0, 0.1) is 17.2 Å². The number of nitrogens with one attached hydrogen (secondary N) is 2. The molecule has 0 spiro atoms. The summed E-state index contributed by atoms with van der Waals surface area (Å²) in [5, 5.41) is 17.2. The van der Waals surface area contributed by atoms with Crippen molar-refractivity contribution in [1.82, 2.24) is 20.4 Å². The maximum absolute atomic E-state index is 14.1. The Morgan fingerprint density at radius 1 is 1.26 bits per heavy atom. The Bertz CT molecular complexity index is 1410. The van der Waals surface area contributed by atoms with E-state index in [-0.39, 0.29) is 36.4 Å². The van der Waals surface area contributed by atoms with Gasteiger partial charge in [0.15, 0.2) is 9.84 Å². The minimum atomic E-state index is -4.99. The summed E-state index contributed by atoms with van der Waals surface area (Å²) < 4.78 is 76.1. The lowest BCUT2D eigenvalue weighted by atomic mass is 10.0. The van der Waals surface area contributed by atoms with Crippen molar-refractivity contribution in [2.24, 2.45) is 5.92 Å². The van der Waals surface area contributed by atoms with Gasteiger partial charge in [0.05, 0.1) is 40.0 Å². The van der Waals surface area contributed by atoms with Crippen LogP contribution < -0.4 is 10.6 Å². The fraction of sp³-hybridized carbons (Fsp3) is 0.520. The van der Waals surface area contributed by atoms with Gasteiger partial charge in [-0.3, -0.25) is 14.3 Å². The Morgan fingerprint density at radius 3 is 2.56 bits per heavy atom. The lowest BCUT2D eigenvalue weighted by molar-refractivity contribution is -0.139. The second kappa shape index (κ2) is 10.6. The van der Waals surface area contributed by atoms with E-state index in [9.17, 15) is 36.4 Å². The molecule has 4 rings (SSSR count). The predicted molar refractivity (Wildman–Crippen MR) is 132 cm³/mol. The number of likely N-dealkylation sites (N-methyl/N-ethyl adjacent to an activating group) is 1. The number of halogens is 3. The Morgan fingerprint density at radius 2 is 1.97 bits per heavy atom. The van der Waals surface area contributed by atoms with Crippen molar-refractivity contribution >= 4 is 21.7 Å². The molecule has 0 radical (unpaired) electrons. The summed E-state index contributed by atoms with van der Waals surface area (Å²) in [6.07, 6.45) is -2.57. The number of carbonyl (C=O) groups is 2. The number of carbonyl (C=O) groups excluding carboxylic acids is 2. The standard InChI is InChI=1S/C25H28F3N5O5S/c1-3-30-22(34)13-33-12-16(11-31-33)15-4-5-21(19(8-15)25(26,27)28)39(36,37)17-9-18(20(10-17)38-2)23(35)32-24(14-29)6-7-24/h4-5,8,11-12,17-18,20H,3,6-7,9-10,13H2,1-2H3,(H,30,34)(H,32,35)/t17-,18-,20-/m1/s1. The van der Waals surface area contributed by atoms with Gasteiger partial charge < -0.3 is 15.4 Å². The fourth-order valence-corrected chi connectivity index (χ4v) is 6.82. The topological polar surface area (TPSA) is 143 Å². The van der Waals surface area contributed by atoms with Gasteiger partial charge in [0.1, 0.15) is 12.1 Å². The SMILES string of the molecule is CCNC(=O)Cn1cc(-c2ccc(S(=O)(=O)[C@H]3C[C@@H](OC)[C@H](C(=O)NC4(C#N)CC4)C3)c(C(F)(F)F)c2)cn1. The van der Waals surface area contributed by atoms with Gasteiger partial charge in [0, 0.05) is 25.4 Å². The number of aromatic nitrogens is 2. The number of sulfone groups is 1. The molecule has 10 nitrogen and oxygen atoms in total. The summed E-state index contributed by atoms with van der Waals surface area (Å²) in [5.74, 6) is -1.79. The van der Waals surface area contributed by atoms with Gasteiger partial charge in [-0.15, -0.1) is 0 Å². The molecule has 2 saturated carbocycles. The van der Waals surface area contributed by atoms with E-state index in [4.69, 9.17) is 4.74 Å². The highest BCUT2D eigenvalue weighted by Crippen LogP contribution is 2.43. The van der Waals surface area contributed by atoms with Crippen LogP contribution >= 0.6 is 0 Å². The van der Waals surface area contributed by atoms with Crippen LogP contribution in [0.15, 0.2) is 35.5 Å². The second-order valence-corrected chi connectivity index (χ2v) is 12.0. The molecule has 14 heteroatoms. The van der Waals surface area contributed by atoms with Gasteiger partial charge in [0.25, 0.3) is 0 Å². The van der Waals surface area contributed by atoms with Crippen molar-refractivity contribution in [1.29, 1.82) is 5.26 Å². The van der Waals surface area contributed by atoms with E-state index in [2.05, 4.69) is 15.7 Å². The smallest absolute Gasteiger partial charge is 0.381 e. The van der Waals surface area contributed by atoms with E-state index >= 15 is 0 Å². The summed E-state index contributed by atoms with van der Waals surface area (Å²) in [4.78, 5) is 23.7. The molecule has 210 valence electrons. The van der Waals surface area contributed by atoms with Crippen LogP contribution in [0.5, 0.6) is 0 Å². The third kappa shape index (κ3) is 5.94. The van der Waals surface area contributed by atoms with Gasteiger partial charge in [-0.1, -0.05) is 6.07 Å². The lowest BCUT2D eigenvalue weighted by Gasteiger charge is -2.19.